The molecule has 1 saturated carbocycles. The maximum atomic E-state index is 11.7. The molecule has 4 rings (SSSR count). The van der Waals surface area contributed by atoms with E-state index in [9.17, 15) is 4.79 Å². The molecule has 1 aliphatic rings. The van der Waals surface area contributed by atoms with Crippen LogP contribution in [0.3, 0.4) is 0 Å². The van der Waals surface area contributed by atoms with Gasteiger partial charge in [-0.1, -0.05) is 18.2 Å². The van der Waals surface area contributed by atoms with Gasteiger partial charge in [0.25, 0.3) is 0 Å². The first kappa shape index (κ1) is 13.8. The molecule has 2 aromatic heterocycles. The van der Waals surface area contributed by atoms with Crippen LogP contribution in [0.2, 0.25) is 0 Å². The summed E-state index contributed by atoms with van der Waals surface area (Å²) in [6, 6.07) is 11.0. The van der Waals surface area contributed by atoms with Crippen molar-refractivity contribution in [3.05, 3.63) is 47.8 Å². The Morgan fingerprint density at radius 2 is 2.04 bits per heavy atom. The zero-order valence-corrected chi connectivity index (χ0v) is 12.7. The molecule has 23 heavy (non-hydrogen) atoms. The molecule has 0 radical (unpaired) electrons. The molecule has 0 spiro atoms. The number of nitrogens with zero attached hydrogens (tertiary/aromatic N) is 3. The molecule has 1 amide bonds. The highest BCUT2D eigenvalue weighted by molar-refractivity contribution is 5.99. The maximum absolute atomic E-state index is 11.7. The van der Waals surface area contributed by atoms with Crippen molar-refractivity contribution in [1.82, 2.24) is 14.6 Å². The van der Waals surface area contributed by atoms with Crippen LogP contribution < -0.4 is 10.5 Å². The van der Waals surface area contributed by atoms with E-state index in [1.807, 2.05) is 24.3 Å². The van der Waals surface area contributed by atoms with Crippen LogP contribution in [0.1, 0.15) is 34.9 Å². The highest BCUT2D eigenvalue weighted by Crippen LogP contribution is 2.39. The van der Waals surface area contributed by atoms with E-state index in [1.54, 1.807) is 23.8 Å². The van der Waals surface area contributed by atoms with Gasteiger partial charge in [-0.15, -0.1) is 0 Å². The quantitative estimate of drug-likeness (QED) is 0.802. The molecule has 1 aromatic carbocycles. The molecule has 6 nitrogen and oxygen atoms in total. The number of carbonyl (C=O) groups is 1. The molecule has 1 aliphatic carbocycles. The zero-order valence-electron chi connectivity index (χ0n) is 12.7. The Hall–Kier alpha value is -2.89. The van der Waals surface area contributed by atoms with Crippen LogP contribution in [0, 0.1) is 0 Å². The Balaban J connectivity index is 1.99. The molecule has 0 saturated heterocycles. The van der Waals surface area contributed by atoms with Crippen LogP contribution in [0.5, 0.6) is 5.75 Å². The number of aromatic nitrogens is 3. The van der Waals surface area contributed by atoms with E-state index in [-0.39, 0.29) is 0 Å². The monoisotopic (exact) mass is 308 g/mol. The summed E-state index contributed by atoms with van der Waals surface area (Å²) in [6.45, 7) is 0. The number of ether oxygens (including phenoxy) is 1. The number of pyridine rings is 1. The first-order valence-corrected chi connectivity index (χ1v) is 7.52. The third-order valence-electron chi connectivity index (χ3n) is 4.10. The second kappa shape index (κ2) is 5.08. The van der Waals surface area contributed by atoms with Gasteiger partial charge in [-0.3, -0.25) is 4.79 Å². The van der Waals surface area contributed by atoms with Gasteiger partial charge in [0.1, 0.15) is 0 Å². The van der Waals surface area contributed by atoms with Gasteiger partial charge in [-0.05, 0) is 31.0 Å². The topological polar surface area (TPSA) is 82.5 Å². The van der Waals surface area contributed by atoms with Crippen LogP contribution in [-0.4, -0.2) is 27.6 Å². The van der Waals surface area contributed by atoms with Crippen LogP contribution >= 0.6 is 0 Å². The van der Waals surface area contributed by atoms with E-state index in [1.165, 1.54) is 0 Å². The third-order valence-corrected chi connectivity index (χ3v) is 4.10. The Bertz CT molecular complexity index is 912. The maximum Gasteiger partial charge on any atom is 0.249 e. The highest BCUT2D eigenvalue weighted by atomic mass is 16.5. The number of benzene rings is 1. The summed E-state index contributed by atoms with van der Waals surface area (Å²) in [4.78, 5) is 16.3. The molecule has 3 aromatic rings. The molecule has 2 heterocycles. The summed E-state index contributed by atoms with van der Waals surface area (Å²) in [5.41, 5.74) is 8.13. The van der Waals surface area contributed by atoms with Crippen molar-refractivity contribution >= 4 is 11.6 Å². The molecule has 1 fully saturated rings. The van der Waals surface area contributed by atoms with Gasteiger partial charge in [0.15, 0.2) is 17.2 Å². The number of amides is 1. The number of rotatable bonds is 4. The third kappa shape index (κ3) is 2.23. The second-order valence-corrected chi connectivity index (χ2v) is 5.68. The molecule has 6 heteroatoms. The van der Waals surface area contributed by atoms with Gasteiger partial charge in [0, 0.05) is 17.0 Å². The van der Waals surface area contributed by atoms with Crippen LogP contribution in [0.4, 0.5) is 0 Å². The second-order valence-electron chi connectivity index (χ2n) is 5.68. The molecular weight excluding hydrogens is 292 g/mol. The van der Waals surface area contributed by atoms with E-state index in [0.29, 0.717) is 22.9 Å². The normalized spacial score (nSPS) is 14.1. The van der Waals surface area contributed by atoms with Gasteiger partial charge in [-0.2, -0.15) is 5.10 Å². The molecule has 0 atom stereocenters. The lowest BCUT2D eigenvalue weighted by Crippen LogP contribution is -2.13. The van der Waals surface area contributed by atoms with E-state index in [4.69, 9.17) is 10.5 Å². The smallest absolute Gasteiger partial charge is 0.249 e. The van der Waals surface area contributed by atoms with Crippen LogP contribution in [0.15, 0.2) is 36.4 Å². The van der Waals surface area contributed by atoms with Crippen molar-refractivity contribution in [3.63, 3.8) is 0 Å². The van der Waals surface area contributed by atoms with Crippen molar-refractivity contribution < 1.29 is 9.53 Å². The largest absolute Gasteiger partial charge is 0.493 e. The van der Waals surface area contributed by atoms with Crippen molar-refractivity contribution in [2.75, 3.05) is 7.11 Å². The van der Waals surface area contributed by atoms with E-state index >= 15 is 0 Å². The predicted molar refractivity (Wildman–Crippen MR) is 85.5 cm³/mol. The number of fused-ring (bicyclic) bond motifs is 1. The summed E-state index contributed by atoms with van der Waals surface area (Å²) in [7, 11) is 1.61. The van der Waals surface area contributed by atoms with E-state index < -0.39 is 5.91 Å². The first-order valence-electron chi connectivity index (χ1n) is 7.52. The lowest BCUT2D eigenvalue weighted by Gasteiger charge is -2.10. The zero-order chi connectivity index (χ0) is 16.0. The number of primary amides is 1. The van der Waals surface area contributed by atoms with Crippen molar-refractivity contribution in [2.45, 2.75) is 18.8 Å². The van der Waals surface area contributed by atoms with Gasteiger partial charge in [0.05, 0.1) is 12.8 Å². The Kier molecular flexibility index (Phi) is 3.04. The minimum absolute atomic E-state index is 0.429. The average Bonchev–Trinajstić information content (AvgIpc) is 3.32. The molecule has 0 unspecified atom stereocenters. The number of hydrogen-bond donors (Lipinski definition) is 1. The first-order chi connectivity index (χ1) is 11.2. The predicted octanol–water partition coefficient (Wildman–Crippen LogP) is 2.38. The van der Waals surface area contributed by atoms with Crippen LogP contribution in [-0.2, 0) is 0 Å². The Morgan fingerprint density at radius 3 is 2.74 bits per heavy atom. The summed E-state index contributed by atoms with van der Waals surface area (Å²) >= 11 is 0. The van der Waals surface area contributed by atoms with E-state index in [2.05, 4.69) is 10.1 Å². The molecular formula is C17H16N4O2. The number of nitrogens with two attached hydrogens (primary N) is 1. The fourth-order valence-electron chi connectivity index (χ4n) is 2.75. The van der Waals surface area contributed by atoms with Gasteiger partial charge in [-0.25, -0.2) is 9.50 Å². The van der Waals surface area contributed by atoms with Gasteiger partial charge in [0.2, 0.25) is 5.91 Å². The average molecular weight is 308 g/mol. The number of hydrogen-bond acceptors (Lipinski definition) is 4. The summed E-state index contributed by atoms with van der Waals surface area (Å²) in [6.07, 6.45) is 2.23. The van der Waals surface area contributed by atoms with Crippen molar-refractivity contribution in [3.8, 4) is 17.0 Å². The van der Waals surface area contributed by atoms with Crippen molar-refractivity contribution in [1.29, 1.82) is 0 Å². The minimum atomic E-state index is -0.466. The standard InChI is InChI=1S/C17H16N4O2/c1-23-14-9-8-13(11-4-2-3-5-12(11)15(18)22)21-17(14)19-16(20-21)10-6-7-10/h2-5,8-10H,6-7H2,1H3,(H2,18,22). The fraction of sp³-hybridized carbons (Fsp3) is 0.235. The highest BCUT2D eigenvalue weighted by Gasteiger charge is 2.29. The summed E-state index contributed by atoms with van der Waals surface area (Å²) < 4.78 is 7.14. The summed E-state index contributed by atoms with van der Waals surface area (Å²) in [5, 5.41) is 4.63. The SMILES string of the molecule is COc1ccc(-c2ccccc2C(N)=O)n2nc(C3CC3)nc12. The minimum Gasteiger partial charge on any atom is -0.493 e. The van der Waals surface area contributed by atoms with Gasteiger partial charge < -0.3 is 10.5 Å². The molecule has 0 aliphatic heterocycles. The lowest BCUT2D eigenvalue weighted by molar-refractivity contribution is 0.100. The Morgan fingerprint density at radius 1 is 1.26 bits per heavy atom. The summed E-state index contributed by atoms with van der Waals surface area (Å²) in [5.74, 6) is 1.45. The fourth-order valence-corrected chi connectivity index (χ4v) is 2.75. The number of carbonyl (C=O) groups excluding carboxylic acids is 1. The van der Waals surface area contributed by atoms with Crippen molar-refractivity contribution in [2.24, 2.45) is 5.73 Å². The molecule has 116 valence electrons. The lowest BCUT2D eigenvalue weighted by atomic mass is 10.0. The van der Waals surface area contributed by atoms with E-state index in [0.717, 1.165) is 29.9 Å². The number of methoxy groups -OCH3 is 1. The van der Waals surface area contributed by atoms with Gasteiger partial charge >= 0.3 is 0 Å². The van der Waals surface area contributed by atoms with Crippen LogP contribution in [0.25, 0.3) is 16.9 Å². The molecule has 0 bridgehead atoms. The Labute approximate surface area is 132 Å². The molecule has 2 N–H and O–H groups in total.